The minimum Gasteiger partial charge on any atom is -0.457 e. The lowest BCUT2D eigenvalue weighted by atomic mass is 10.3. The summed E-state index contributed by atoms with van der Waals surface area (Å²) in [6.45, 7) is 0. The smallest absolute Gasteiger partial charge is 0.234 e. The average Bonchev–Trinajstić information content (AvgIpc) is 3.69. The number of carbonyl (C=O) groups is 2. The molecular weight excluding hydrogens is 552 g/mol. The van der Waals surface area contributed by atoms with E-state index in [-0.39, 0.29) is 23.3 Å². The number of hydrogen-bond acceptors (Lipinski definition) is 10. The van der Waals surface area contributed by atoms with Crippen LogP contribution in [0.5, 0.6) is 23.0 Å². The highest BCUT2D eigenvalue weighted by Gasteiger charge is 2.08. The van der Waals surface area contributed by atoms with Crippen molar-refractivity contribution in [3.8, 4) is 23.0 Å². The van der Waals surface area contributed by atoms with Crippen molar-refractivity contribution in [1.29, 1.82) is 0 Å². The molecule has 0 saturated heterocycles. The normalized spacial score (nSPS) is 10.6. The van der Waals surface area contributed by atoms with Gasteiger partial charge in [-0.15, -0.1) is 10.2 Å². The highest BCUT2D eigenvalue weighted by molar-refractivity contribution is 8.00. The molecule has 0 fully saturated rings. The third-order valence-corrected chi connectivity index (χ3v) is 6.86. The Morgan fingerprint density at radius 1 is 0.600 bits per heavy atom. The van der Waals surface area contributed by atoms with E-state index in [2.05, 4.69) is 41.5 Å². The van der Waals surface area contributed by atoms with Crippen LogP contribution in [0.3, 0.4) is 0 Å². The second kappa shape index (κ2) is 13.3. The molecule has 0 aliphatic carbocycles. The molecule has 0 atom stereocenters. The molecule has 0 unspecified atom stereocenters. The van der Waals surface area contributed by atoms with E-state index in [4.69, 9.17) is 9.47 Å². The Hall–Kier alpha value is -4.82. The Kier molecular flexibility index (Phi) is 8.91. The maximum Gasteiger partial charge on any atom is 0.234 e. The average molecular weight is 575 g/mol. The van der Waals surface area contributed by atoms with E-state index in [1.807, 2.05) is 0 Å². The van der Waals surface area contributed by atoms with Crippen LogP contribution in [0.4, 0.5) is 11.4 Å². The highest BCUT2D eigenvalue weighted by atomic mass is 32.2. The fourth-order valence-electron chi connectivity index (χ4n) is 3.25. The van der Waals surface area contributed by atoms with Crippen molar-refractivity contribution >= 4 is 46.7 Å². The van der Waals surface area contributed by atoms with Gasteiger partial charge in [0.2, 0.25) is 11.8 Å². The summed E-state index contributed by atoms with van der Waals surface area (Å²) < 4.78 is 11.8. The Morgan fingerprint density at radius 2 is 0.950 bits per heavy atom. The number of nitrogens with one attached hydrogen (secondary N) is 4. The molecule has 202 valence electrons. The number of aromatic nitrogens is 6. The summed E-state index contributed by atoms with van der Waals surface area (Å²) in [4.78, 5) is 24.2. The molecule has 0 radical (unpaired) electrons. The van der Waals surface area contributed by atoms with Crippen LogP contribution in [0, 0.1) is 0 Å². The molecule has 5 rings (SSSR count). The molecule has 12 nitrogen and oxygen atoms in total. The van der Waals surface area contributed by atoms with Crippen LogP contribution in [0.15, 0.2) is 95.2 Å². The molecule has 3 aromatic carbocycles. The van der Waals surface area contributed by atoms with Crippen LogP contribution in [-0.2, 0) is 9.59 Å². The molecule has 40 heavy (non-hydrogen) atoms. The summed E-state index contributed by atoms with van der Waals surface area (Å²) in [5.74, 6) is 2.69. The predicted molar refractivity (Wildman–Crippen MR) is 151 cm³/mol. The molecule has 2 aromatic heterocycles. The fourth-order valence-corrected chi connectivity index (χ4v) is 4.42. The summed E-state index contributed by atoms with van der Waals surface area (Å²) >= 11 is 2.59. The molecule has 5 aromatic rings. The number of benzene rings is 3. The maximum absolute atomic E-state index is 12.1. The highest BCUT2D eigenvalue weighted by Crippen LogP contribution is 2.28. The van der Waals surface area contributed by atoms with Crippen molar-refractivity contribution < 1.29 is 19.1 Å². The minimum absolute atomic E-state index is 0.144. The minimum atomic E-state index is -0.144. The number of hydrogen-bond donors (Lipinski definition) is 4. The summed E-state index contributed by atoms with van der Waals surface area (Å²) in [5.41, 5.74) is 1.33. The number of H-pyrrole nitrogens is 2. The second-order valence-corrected chi connectivity index (χ2v) is 10.0. The summed E-state index contributed by atoms with van der Waals surface area (Å²) in [5, 5.41) is 27.2. The lowest BCUT2D eigenvalue weighted by Gasteiger charge is -2.10. The van der Waals surface area contributed by atoms with Crippen molar-refractivity contribution in [3.05, 3.63) is 85.2 Å². The molecule has 14 heteroatoms. The molecule has 4 N–H and O–H groups in total. The molecule has 0 spiro atoms. The molecule has 0 bridgehead atoms. The molecule has 0 aliphatic heterocycles. The van der Waals surface area contributed by atoms with Gasteiger partial charge >= 0.3 is 0 Å². The summed E-state index contributed by atoms with van der Waals surface area (Å²) in [7, 11) is 0. The zero-order chi connectivity index (χ0) is 27.6. The van der Waals surface area contributed by atoms with E-state index in [9.17, 15) is 9.59 Å². The van der Waals surface area contributed by atoms with E-state index < -0.39 is 0 Å². The van der Waals surface area contributed by atoms with E-state index >= 15 is 0 Å². The van der Waals surface area contributed by atoms with Crippen molar-refractivity contribution in [2.24, 2.45) is 0 Å². The van der Waals surface area contributed by atoms with Crippen molar-refractivity contribution in [3.63, 3.8) is 0 Å². The van der Waals surface area contributed by atoms with Crippen molar-refractivity contribution in [2.45, 2.75) is 10.1 Å². The standard InChI is InChI=1S/C26H22N8O4S2/c35-23(15-39-25-13-27-33-31-25)29-17-1-5-19(6-2-17)37-21-9-11-22(12-10-21)38-20-7-3-18(4-8-20)30-24(36)16-40-26-14-28-34-32-26/h1-14H,15-16H2,(H,29,35)(H,30,36)(H,27,31,33)(H,28,32,34). The summed E-state index contributed by atoms with van der Waals surface area (Å²) in [6.07, 6.45) is 3.13. The zero-order valence-corrected chi connectivity index (χ0v) is 22.4. The van der Waals surface area contributed by atoms with Crippen LogP contribution in [0.1, 0.15) is 0 Å². The van der Waals surface area contributed by atoms with Crippen LogP contribution >= 0.6 is 23.5 Å². The quantitative estimate of drug-likeness (QED) is 0.150. The van der Waals surface area contributed by atoms with E-state index in [1.165, 1.54) is 23.5 Å². The number of anilines is 2. The molecule has 2 amide bonds. The number of ether oxygens (including phenoxy) is 2. The Balaban J connectivity index is 1.06. The molecular formula is C26H22N8O4S2. The van der Waals surface area contributed by atoms with E-state index in [0.29, 0.717) is 44.4 Å². The Labute approximate surface area is 236 Å². The maximum atomic E-state index is 12.1. The largest absolute Gasteiger partial charge is 0.457 e. The van der Waals surface area contributed by atoms with Gasteiger partial charge in [-0.1, -0.05) is 23.5 Å². The first-order valence-corrected chi connectivity index (χ1v) is 13.8. The SMILES string of the molecule is O=C(CSc1cn[nH]n1)Nc1ccc(Oc2ccc(Oc3ccc(NC(=O)CSc4cn[nH]n4)cc3)cc2)cc1. The van der Waals surface area contributed by atoms with Gasteiger partial charge in [-0.25, -0.2) is 0 Å². The zero-order valence-electron chi connectivity index (χ0n) is 20.7. The number of carbonyl (C=O) groups excluding carboxylic acids is 2. The van der Waals surface area contributed by atoms with Gasteiger partial charge in [0, 0.05) is 11.4 Å². The lowest BCUT2D eigenvalue weighted by molar-refractivity contribution is -0.114. The van der Waals surface area contributed by atoms with Gasteiger partial charge < -0.3 is 20.1 Å². The van der Waals surface area contributed by atoms with Gasteiger partial charge in [0.05, 0.1) is 23.9 Å². The summed E-state index contributed by atoms with van der Waals surface area (Å²) in [6, 6.07) is 21.4. The van der Waals surface area contributed by atoms with Crippen LogP contribution < -0.4 is 20.1 Å². The Bertz CT molecular complexity index is 1400. The lowest BCUT2D eigenvalue weighted by Crippen LogP contribution is -2.13. The van der Waals surface area contributed by atoms with Crippen LogP contribution in [0.2, 0.25) is 0 Å². The van der Waals surface area contributed by atoms with Gasteiger partial charge in [-0.05, 0) is 72.8 Å². The third kappa shape index (κ3) is 8.09. The van der Waals surface area contributed by atoms with E-state index in [0.717, 1.165) is 0 Å². The fraction of sp³-hybridized carbons (Fsp3) is 0.0769. The number of rotatable bonds is 12. The topological polar surface area (TPSA) is 160 Å². The monoisotopic (exact) mass is 574 g/mol. The number of thioether (sulfide) groups is 2. The Morgan fingerprint density at radius 3 is 1.27 bits per heavy atom. The molecule has 0 aliphatic rings. The molecule has 2 heterocycles. The van der Waals surface area contributed by atoms with Crippen molar-refractivity contribution in [2.75, 3.05) is 22.1 Å². The number of aromatic amines is 2. The third-order valence-electron chi connectivity index (χ3n) is 5.06. The van der Waals surface area contributed by atoms with Crippen molar-refractivity contribution in [1.82, 2.24) is 30.8 Å². The van der Waals surface area contributed by atoms with Gasteiger partial charge in [-0.2, -0.15) is 20.6 Å². The van der Waals surface area contributed by atoms with Crippen LogP contribution in [-0.4, -0.2) is 54.1 Å². The van der Waals surface area contributed by atoms with Gasteiger partial charge in [0.1, 0.15) is 33.0 Å². The first-order valence-electron chi connectivity index (χ1n) is 11.8. The van der Waals surface area contributed by atoms with Crippen LogP contribution in [0.25, 0.3) is 0 Å². The van der Waals surface area contributed by atoms with E-state index in [1.54, 1.807) is 85.2 Å². The second-order valence-electron chi connectivity index (χ2n) is 8.01. The number of amides is 2. The van der Waals surface area contributed by atoms with Gasteiger partial charge in [0.25, 0.3) is 0 Å². The first kappa shape index (κ1) is 26.8. The predicted octanol–water partition coefficient (Wildman–Crippen LogP) is 4.97. The van der Waals surface area contributed by atoms with Gasteiger partial charge in [-0.3, -0.25) is 9.59 Å². The van der Waals surface area contributed by atoms with Gasteiger partial charge in [0.15, 0.2) is 0 Å². The first-order chi connectivity index (χ1) is 19.6. The molecule has 0 saturated carbocycles. The number of nitrogens with zero attached hydrogens (tertiary/aromatic N) is 4.